The Labute approximate surface area is 122 Å². The largest absolute Gasteiger partial charge is 0.382 e. The number of alkyl halides is 2. The number of hydrogen-bond donors (Lipinski definition) is 1. The number of rotatable bonds is 2. The number of aliphatic hydroxyl groups is 1. The van der Waals surface area contributed by atoms with E-state index in [2.05, 4.69) is 6.92 Å². The second-order valence-corrected chi connectivity index (χ2v) is 5.28. The number of halogens is 2. The van der Waals surface area contributed by atoms with Gasteiger partial charge in [0.05, 0.1) is 0 Å². The molecule has 108 valence electrons. The molecule has 3 rings (SSSR count). The van der Waals surface area contributed by atoms with Crippen LogP contribution in [0.15, 0.2) is 48.5 Å². The lowest BCUT2D eigenvalue weighted by atomic mass is 9.89. The van der Waals surface area contributed by atoms with Crippen LogP contribution < -0.4 is 0 Å². The molecule has 3 heteroatoms. The summed E-state index contributed by atoms with van der Waals surface area (Å²) in [7, 11) is 0. The van der Waals surface area contributed by atoms with Crippen LogP contribution >= 0.6 is 0 Å². The summed E-state index contributed by atoms with van der Waals surface area (Å²) >= 11 is 0. The van der Waals surface area contributed by atoms with E-state index in [1.165, 1.54) is 11.6 Å². The van der Waals surface area contributed by atoms with Gasteiger partial charge in [-0.25, -0.2) is 0 Å². The molecular weight excluding hydrogens is 270 g/mol. The second-order valence-electron chi connectivity index (χ2n) is 5.28. The number of benzene rings is 2. The van der Waals surface area contributed by atoms with Crippen LogP contribution in [0.5, 0.6) is 0 Å². The van der Waals surface area contributed by atoms with Gasteiger partial charge in [0.15, 0.2) is 0 Å². The molecule has 0 spiro atoms. The molecule has 1 nitrogen and oxygen atoms in total. The zero-order valence-corrected chi connectivity index (χ0v) is 11.7. The van der Waals surface area contributed by atoms with Crippen molar-refractivity contribution in [2.24, 2.45) is 0 Å². The first-order valence-corrected chi connectivity index (χ1v) is 7.00. The van der Waals surface area contributed by atoms with Crippen molar-refractivity contribution in [3.63, 3.8) is 0 Å². The number of hydrogen-bond acceptors (Lipinski definition) is 1. The summed E-state index contributed by atoms with van der Waals surface area (Å²) in [4.78, 5) is 0. The lowest BCUT2D eigenvalue weighted by molar-refractivity contribution is -0.0939. The fourth-order valence-corrected chi connectivity index (χ4v) is 2.59. The first-order chi connectivity index (χ1) is 10.0. The van der Waals surface area contributed by atoms with E-state index < -0.39 is 12.0 Å². The summed E-state index contributed by atoms with van der Waals surface area (Å²) in [5, 5.41) is 9.39. The van der Waals surface area contributed by atoms with Crippen molar-refractivity contribution in [1.29, 1.82) is 0 Å². The highest BCUT2D eigenvalue weighted by Crippen LogP contribution is 2.40. The van der Waals surface area contributed by atoms with Crippen LogP contribution in [0.1, 0.15) is 23.6 Å². The Morgan fingerprint density at radius 2 is 1.71 bits per heavy atom. The molecule has 1 aliphatic carbocycles. The molecule has 2 aromatic rings. The second kappa shape index (κ2) is 5.08. The zero-order chi connectivity index (χ0) is 15.0. The maximum absolute atomic E-state index is 13.9. The lowest BCUT2D eigenvalue weighted by Crippen LogP contribution is -2.32. The molecule has 0 bridgehead atoms. The van der Waals surface area contributed by atoms with Crippen LogP contribution in [0.4, 0.5) is 8.78 Å². The summed E-state index contributed by atoms with van der Waals surface area (Å²) in [6, 6.07) is 12.9. The standard InChI is InChI=1S/C18H16F2O/c1-2-12-3-5-13(6-4-12)14-7-9-16-15(11-14)8-10-17(21)18(16,19)20/h3-11,17,21H,2H2,1H3. The van der Waals surface area contributed by atoms with E-state index in [1.54, 1.807) is 18.2 Å². The number of aliphatic hydroxyl groups excluding tert-OH is 1. The van der Waals surface area contributed by atoms with E-state index in [9.17, 15) is 13.9 Å². The van der Waals surface area contributed by atoms with E-state index in [0.717, 1.165) is 23.6 Å². The monoisotopic (exact) mass is 286 g/mol. The first-order valence-electron chi connectivity index (χ1n) is 7.00. The Hall–Kier alpha value is -2.00. The Kier molecular flexibility index (Phi) is 3.38. The molecule has 0 saturated heterocycles. The number of fused-ring (bicyclic) bond motifs is 1. The average Bonchev–Trinajstić information content (AvgIpc) is 2.51. The van der Waals surface area contributed by atoms with Gasteiger partial charge in [-0.2, -0.15) is 8.78 Å². The molecule has 0 aromatic heterocycles. The predicted octanol–water partition coefficient (Wildman–Crippen LogP) is 4.40. The van der Waals surface area contributed by atoms with Crippen molar-refractivity contribution >= 4 is 6.08 Å². The van der Waals surface area contributed by atoms with E-state index >= 15 is 0 Å². The van der Waals surface area contributed by atoms with E-state index in [-0.39, 0.29) is 5.56 Å². The van der Waals surface area contributed by atoms with Crippen LogP contribution in [0.25, 0.3) is 17.2 Å². The molecule has 0 radical (unpaired) electrons. The van der Waals surface area contributed by atoms with Crippen molar-refractivity contribution in [2.75, 3.05) is 0 Å². The molecule has 21 heavy (non-hydrogen) atoms. The third-order valence-corrected chi connectivity index (χ3v) is 3.94. The smallest absolute Gasteiger partial charge is 0.302 e. The van der Waals surface area contributed by atoms with Gasteiger partial charge in [0.25, 0.3) is 0 Å². The van der Waals surface area contributed by atoms with Crippen LogP contribution in [-0.4, -0.2) is 11.2 Å². The van der Waals surface area contributed by atoms with Crippen molar-refractivity contribution in [2.45, 2.75) is 25.4 Å². The van der Waals surface area contributed by atoms with Crippen molar-refractivity contribution in [3.05, 3.63) is 65.2 Å². The first kappa shape index (κ1) is 14.0. The minimum Gasteiger partial charge on any atom is -0.382 e. The van der Waals surface area contributed by atoms with E-state index in [1.807, 2.05) is 24.3 Å². The van der Waals surface area contributed by atoms with Gasteiger partial charge in [0.2, 0.25) is 0 Å². The summed E-state index contributed by atoms with van der Waals surface area (Å²) in [5.74, 6) is -3.23. The third kappa shape index (κ3) is 2.38. The van der Waals surface area contributed by atoms with Gasteiger partial charge < -0.3 is 5.11 Å². The Morgan fingerprint density at radius 1 is 1.05 bits per heavy atom. The van der Waals surface area contributed by atoms with Gasteiger partial charge in [-0.3, -0.25) is 0 Å². The van der Waals surface area contributed by atoms with Gasteiger partial charge in [0, 0.05) is 5.56 Å². The molecule has 1 aliphatic rings. The van der Waals surface area contributed by atoms with Crippen LogP contribution in [0, 0.1) is 0 Å². The van der Waals surface area contributed by atoms with Crippen LogP contribution in [0.3, 0.4) is 0 Å². The van der Waals surface area contributed by atoms with Crippen LogP contribution in [-0.2, 0) is 12.3 Å². The van der Waals surface area contributed by atoms with Gasteiger partial charge >= 0.3 is 5.92 Å². The fraction of sp³-hybridized carbons (Fsp3) is 0.222. The van der Waals surface area contributed by atoms with Gasteiger partial charge in [-0.05, 0) is 40.8 Å². The normalized spacial score (nSPS) is 19.3. The molecule has 0 aliphatic heterocycles. The molecule has 1 atom stereocenters. The molecule has 0 amide bonds. The molecule has 1 N–H and O–H groups in total. The molecule has 2 aromatic carbocycles. The summed E-state index contributed by atoms with van der Waals surface area (Å²) in [6.45, 7) is 2.09. The van der Waals surface area contributed by atoms with Crippen molar-refractivity contribution in [3.8, 4) is 11.1 Å². The van der Waals surface area contributed by atoms with Gasteiger partial charge in [0.1, 0.15) is 6.10 Å². The summed E-state index contributed by atoms with van der Waals surface area (Å²) in [5.41, 5.74) is 3.48. The molecular formula is C18H16F2O. The SMILES string of the molecule is CCc1ccc(-c2ccc3c(c2)C=CC(O)C3(F)F)cc1. The van der Waals surface area contributed by atoms with Crippen LogP contribution in [0.2, 0.25) is 0 Å². The summed E-state index contributed by atoms with van der Waals surface area (Å²) in [6.07, 6.45) is 1.92. The predicted molar refractivity (Wildman–Crippen MR) is 80.2 cm³/mol. The van der Waals surface area contributed by atoms with Crippen molar-refractivity contribution < 1.29 is 13.9 Å². The van der Waals surface area contributed by atoms with E-state index in [0.29, 0.717) is 5.56 Å². The zero-order valence-electron chi connectivity index (χ0n) is 11.7. The third-order valence-electron chi connectivity index (χ3n) is 3.94. The quantitative estimate of drug-likeness (QED) is 0.867. The summed E-state index contributed by atoms with van der Waals surface area (Å²) < 4.78 is 27.8. The maximum Gasteiger partial charge on any atom is 0.302 e. The minimum atomic E-state index is -3.23. The molecule has 1 unspecified atom stereocenters. The topological polar surface area (TPSA) is 20.2 Å². The average molecular weight is 286 g/mol. The highest BCUT2D eigenvalue weighted by atomic mass is 19.3. The molecule has 0 saturated carbocycles. The van der Waals surface area contributed by atoms with Gasteiger partial charge in [-0.1, -0.05) is 49.4 Å². The minimum absolute atomic E-state index is 0.119. The molecule has 0 heterocycles. The molecule has 0 fully saturated rings. The van der Waals surface area contributed by atoms with E-state index in [4.69, 9.17) is 0 Å². The Balaban J connectivity index is 2.03. The Morgan fingerprint density at radius 3 is 2.38 bits per heavy atom. The number of aryl methyl sites for hydroxylation is 1. The lowest BCUT2D eigenvalue weighted by Gasteiger charge is -2.26. The fourth-order valence-electron chi connectivity index (χ4n) is 2.59. The highest BCUT2D eigenvalue weighted by molar-refractivity contribution is 5.71. The maximum atomic E-state index is 13.9. The highest BCUT2D eigenvalue weighted by Gasteiger charge is 2.42. The van der Waals surface area contributed by atoms with Gasteiger partial charge in [-0.15, -0.1) is 0 Å². The Bertz CT molecular complexity index is 687. The van der Waals surface area contributed by atoms with Crippen molar-refractivity contribution in [1.82, 2.24) is 0 Å².